The van der Waals surface area contributed by atoms with Gasteiger partial charge in [0.2, 0.25) is 0 Å². The fourth-order valence-corrected chi connectivity index (χ4v) is 7.67. The number of Topliss-reactive ketones (excluding diaryl/α,β-unsaturated/α-hetero) is 1. The quantitative estimate of drug-likeness (QED) is 0.0169. The molecule has 13 nitrogen and oxygen atoms in total. The molecular weight excluding hydrogens is 815 g/mol. The van der Waals surface area contributed by atoms with Gasteiger partial charge in [0.05, 0.1) is 32.0 Å². The highest BCUT2D eigenvalue weighted by Gasteiger charge is 2.39. The second-order valence-electron chi connectivity index (χ2n) is 16.2. The number of ether oxygens (including phenoxy) is 2. The number of aliphatic hydroxyl groups is 4. The monoisotopic (exact) mass is 897 g/mol. The van der Waals surface area contributed by atoms with Crippen LogP contribution in [0.15, 0.2) is 60.8 Å². The van der Waals surface area contributed by atoms with E-state index in [0.29, 0.717) is 32.1 Å². The number of phosphoric ester groups is 1. The summed E-state index contributed by atoms with van der Waals surface area (Å²) in [6.07, 6.45) is 35.1. The van der Waals surface area contributed by atoms with E-state index in [2.05, 4.69) is 67.0 Å². The van der Waals surface area contributed by atoms with E-state index in [9.17, 15) is 39.2 Å². The van der Waals surface area contributed by atoms with Crippen molar-refractivity contribution in [2.75, 3.05) is 26.4 Å². The lowest BCUT2D eigenvalue weighted by atomic mass is 9.88. The number of rotatable bonds is 39. The number of carbonyl (C=O) groups is 3. The Balaban J connectivity index is 2.44. The lowest BCUT2D eigenvalue weighted by Gasteiger charge is -2.20. The van der Waals surface area contributed by atoms with Gasteiger partial charge in [-0.3, -0.25) is 23.4 Å². The van der Waals surface area contributed by atoms with E-state index in [0.717, 1.165) is 77.0 Å². The molecule has 1 aliphatic carbocycles. The summed E-state index contributed by atoms with van der Waals surface area (Å²) in [4.78, 5) is 47.8. The maximum absolute atomic E-state index is 12.8. The summed E-state index contributed by atoms with van der Waals surface area (Å²) in [7, 11) is -4.70. The number of ketones is 1. The summed E-state index contributed by atoms with van der Waals surface area (Å²) in [5, 5.41) is 39.2. The smallest absolute Gasteiger partial charge is 0.462 e. The Morgan fingerprint density at radius 2 is 1.27 bits per heavy atom. The second-order valence-corrected chi connectivity index (χ2v) is 17.7. The van der Waals surface area contributed by atoms with Crippen molar-refractivity contribution in [1.82, 2.24) is 0 Å². The minimum Gasteiger partial charge on any atom is -0.462 e. The van der Waals surface area contributed by atoms with Crippen LogP contribution in [0.25, 0.3) is 0 Å². The summed E-state index contributed by atoms with van der Waals surface area (Å²) in [5.74, 6) is -1.78. The summed E-state index contributed by atoms with van der Waals surface area (Å²) in [6, 6.07) is 0. The van der Waals surface area contributed by atoms with Crippen LogP contribution in [0, 0.1) is 11.8 Å². The number of unbranched alkanes of at least 4 members (excludes halogenated alkanes) is 11. The molecule has 1 saturated carbocycles. The summed E-state index contributed by atoms with van der Waals surface area (Å²) < 4.78 is 32.7. The van der Waals surface area contributed by atoms with E-state index < -0.39 is 76.5 Å². The summed E-state index contributed by atoms with van der Waals surface area (Å²) in [5.41, 5.74) is 0. The largest absolute Gasteiger partial charge is 0.472 e. The van der Waals surface area contributed by atoms with Crippen molar-refractivity contribution >= 4 is 25.5 Å². The fraction of sp³-hybridized carbons (Fsp3) is 0.729. The van der Waals surface area contributed by atoms with Crippen molar-refractivity contribution in [1.29, 1.82) is 0 Å². The normalized spacial score (nSPS) is 19.7. The molecule has 1 aliphatic rings. The zero-order valence-corrected chi connectivity index (χ0v) is 38.7. The van der Waals surface area contributed by atoms with Crippen molar-refractivity contribution < 1.29 is 62.8 Å². The lowest BCUT2D eigenvalue weighted by Crippen LogP contribution is -2.29. The molecule has 0 spiro atoms. The molecule has 1 fully saturated rings. The van der Waals surface area contributed by atoms with Crippen LogP contribution in [0.5, 0.6) is 0 Å². The minimum absolute atomic E-state index is 0.0210. The van der Waals surface area contributed by atoms with E-state index in [1.807, 2.05) is 0 Å². The van der Waals surface area contributed by atoms with Crippen LogP contribution >= 0.6 is 7.82 Å². The third-order valence-corrected chi connectivity index (χ3v) is 11.5. The van der Waals surface area contributed by atoms with Crippen LogP contribution in [0.3, 0.4) is 0 Å². The first-order valence-corrected chi connectivity index (χ1v) is 24.8. The highest BCUT2D eigenvalue weighted by Crippen LogP contribution is 2.43. The molecule has 0 amide bonds. The van der Waals surface area contributed by atoms with Gasteiger partial charge in [-0.05, 0) is 76.5 Å². The zero-order chi connectivity index (χ0) is 45.7. The van der Waals surface area contributed by atoms with E-state index in [1.54, 1.807) is 12.2 Å². The van der Waals surface area contributed by atoms with Crippen molar-refractivity contribution in [3.63, 3.8) is 0 Å². The molecule has 0 aromatic heterocycles. The van der Waals surface area contributed by atoms with Crippen molar-refractivity contribution in [3.8, 4) is 0 Å². The Labute approximate surface area is 372 Å². The van der Waals surface area contributed by atoms with E-state index in [4.69, 9.17) is 19.1 Å². The molecule has 5 N–H and O–H groups in total. The predicted molar refractivity (Wildman–Crippen MR) is 243 cm³/mol. The first kappa shape index (κ1) is 57.3. The first-order chi connectivity index (χ1) is 29.9. The Bertz CT molecular complexity index is 1380. The maximum Gasteiger partial charge on any atom is 0.472 e. The van der Waals surface area contributed by atoms with Crippen LogP contribution < -0.4 is 0 Å². The predicted octanol–water partition coefficient (Wildman–Crippen LogP) is 9.26. The van der Waals surface area contributed by atoms with Crippen LogP contribution in [0.4, 0.5) is 0 Å². The van der Waals surface area contributed by atoms with Crippen LogP contribution in [0.1, 0.15) is 162 Å². The van der Waals surface area contributed by atoms with E-state index in [-0.39, 0.29) is 31.0 Å². The van der Waals surface area contributed by atoms with E-state index >= 15 is 0 Å². The average Bonchev–Trinajstić information content (AvgIpc) is 3.52. The SMILES string of the molecule is CCCCC/C=C\C/C=C\C/C=C\C/C=C\CCCCCC(=O)OC[C@H](COP(=O)(O)OC[C@@H](O)CO)OC(=O)CCCCCC[C@H]1[C@@H](O)CC(=O)[C@@H]1/C=C/[C@@H](O)CCCCC. The first-order valence-electron chi connectivity index (χ1n) is 23.3. The highest BCUT2D eigenvalue weighted by atomic mass is 31.2. The van der Waals surface area contributed by atoms with Gasteiger partial charge in [0.25, 0.3) is 0 Å². The molecular formula is C48H81O13P. The highest BCUT2D eigenvalue weighted by molar-refractivity contribution is 7.47. The number of phosphoric acid groups is 1. The Morgan fingerprint density at radius 1 is 0.726 bits per heavy atom. The molecule has 1 rings (SSSR count). The Morgan fingerprint density at radius 3 is 1.90 bits per heavy atom. The molecule has 62 heavy (non-hydrogen) atoms. The topological polar surface area (TPSA) is 206 Å². The van der Waals surface area contributed by atoms with Crippen LogP contribution in [-0.4, -0.2) is 93.9 Å². The second kappa shape index (κ2) is 37.6. The lowest BCUT2D eigenvalue weighted by molar-refractivity contribution is -0.161. The molecule has 0 saturated heterocycles. The van der Waals surface area contributed by atoms with Gasteiger partial charge in [-0.15, -0.1) is 0 Å². The van der Waals surface area contributed by atoms with Crippen LogP contribution in [0.2, 0.25) is 0 Å². The van der Waals surface area contributed by atoms with Gasteiger partial charge in [0.1, 0.15) is 18.5 Å². The number of allylic oxidation sites excluding steroid dienone is 9. The Kier molecular flexibility index (Phi) is 34.8. The molecule has 7 atom stereocenters. The number of aliphatic hydroxyl groups excluding tert-OH is 4. The third-order valence-electron chi connectivity index (χ3n) is 10.6. The van der Waals surface area contributed by atoms with Gasteiger partial charge in [-0.2, -0.15) is 0 Å². The number of hydrogen-bond acceptors (Lipinski definition) is 12. The van der Waals surface area contributed by atoms with E-state index in [1.165, 1.54) is 19.3 Å². The molecule has 0 radical (unpaired) electrons. The van der Waals surface area contributed by atoms with Gasteiger partial charge in [0.15, 0.2) is 6.10 Å². The molecule has 0 aromatic rings. The number of esters is 2. The minimum atomic E-state index is -4.70. The van der Waals surface area contributed by atoms with Crippen molar-refractivity contribution in [2.24, 2.45) is 11.8 Å². The summed E-state index contributed by atoms with van der Waals surface area (Å²) >= 11 is 0. The molecule has 1 unspecified atom stereocenters. The van der Waals surface area contributed by atoms with Gasteiger partial charge < -0.3 is 34.8 Å². The number of hydrogen-bond donors (Lipinski definition) is 5. The molecule has 356 valence electrons. The Hall–Kier alpha value is -2.74. The van der Waals surface area contributed by atoms with Gasteiger partial charge in [-0.1, -0.05) is 132 Å². The third kappa shape index (κ3) is 31.2. The summed E-state index contributed by atoms with van der Waals surface area (Å²) in [6.45, 7) is 1.93. The average molecular weight is 897 g/mol. The number of carbonyl (C=O) groups excluding carboxylic acids is 3. The molecule has 0 bridgehead atoms. The molecule has 0 heterocycles. The van der Waals surface area contributed by atoms with Crippen LogP contribution in [-0.2, 0) is 37.5 Å². The van der Waals surface area contributed by atoms with Crippen molar-refractivity contribution in [2.45, 2.75) is 186 Å². The van der Waals surface area contributed by atoms with Gasteiger partial charge in [0, 0.05) is 25.2 Å². The molecule has 0 aromatic carbocycles. The molecule has 14 heteroatoms. The fourth-order valence-electron chi connectivity index (χ4n) is 6.88. The van der Waals surface area contributed by atoms with Crippen molar-refractivity contribution in [3.05, 3.63) is 60.8 Å². The maximum atomic E-state index is 12.8. The van der Waals surface area contributed by atoms with Gasteiger partial charge >= 0.3 is 19.8 Å². The standard InChI is InChI=1S/C48H81O13P/c1-3-5-7-8-9-10-11-12-13-14-15-16-17-18-19-20-21-22-27-31-47(54)58-38-42(39-60-62(56,57)59-37-41(51)36-49)61-48(55)32-28-24-23-26-30-43-44(46(53)35-45(43)52)34-33-40(50)29-25-6-4-2/h9-10,12-13,15-16,18-19,33-34,40-45,49-52H,3-8,11,14,17,20-32,35-39H2,1-2H3,(H,56,57)/b10-9-,13-12-,16-15-,19-18-,34-33+/t40-,41-,42+,43+,44+,45-/m0/s1. The van der Waals surface area contributed by atoms with Gasteiger partial charge in [-0.25, -0.2) is 4.57 Å². The zero-order valence-electron chi connectivity index (χ0n) is 37.8. The molecule has 0 aliphatic heterocycles.